The van der Waals surface area contributed by atoms with Crippen LogP contribution in [0.1, 0.15) is 20.7 Å². The maximum absolute atomic E-state index is 13.6. The van der Waals surface area contributed by atoms with Crippen molar-refractivity contribution >= 4 is 34.6 Å². The van der Waals surface area contributed by atoms with Crippen molar-refractivity contribution in [3.05, 3.63) is 128 Å². The number of benzene rings is 5. The van der Waals surface area contributed by atoms with Gasteiger partial charge < -0.3 is 40.5 Å². The van der Waals surface area contributed by atoms with Crippen molar-refractivity contribution in [2.75, 3.05) is 10.6 Å². The number of amides is 2. The van der Waals surface area contributed by atoms with Crippen molar-refractivity contribution in [1.29, 1.82) is 0 Å². The molecule has 16 nitrogen and oxygen atoms in total. The Balaban J connectivity index is 1.62. The largest absolute Gasteiger partial charge is 0.504 e. The lowest BCUT2D eigenvalue weighted by Gasteiger charge is -2.18. The maximum atomic E-state index is 13.6. The molecule has 0 radical (unpaired) electrons. The zero-order valence-corrected chi connectivity index (χ0v) is 24.2. The van der Waals surface area contributed by atoms with Crippen LogP contribution in [0, 0.1) is 20.2 Å². The molecule has 16 heteroatoms. The van der Waals surface area contributed by atoms with Crippen molar-refractivity contribution in [3.8, 4) is 46.0 Å². The summed E-state index contributed by atoms with van der Waals surface area (Å²) in [7, 11) is 0. The van der Waals surface area contributed by atoms with E-state index in [1.807, 2.05) is 0 Å². The van der Waals surface area contributed by atoms with Gasteiger partial charge in [-0.2, -0.15) is 0 Å². The monoisotopic (exact) mass is 654 g/mol. The number of aromatic hydroxyl groups is 4. The lowest BCUT2D eigenvalue weighted by atomic mass is 10.1. The van der Waals surface area contributed by atoms with E-state index in [1.54, 1.807) is 0 Å². The molecule has 0 saturated heterocycles. The second kappa shape index (κ2) is 13.3. The molecule has 5 aromatic rings. The Hall–Kier alpha value is -7.36. The minimum absolute atomic E-state index is 0.0378. The minimum Gasteiger partial charge on any atom is -0.504 e. The molecule has 0 aliphatic carbocycles. The molecule has 0 bridgehead atoms. The van der Waals surface area contributed by atoms with Gasteiger partial charge in [0.1, 0.15) is 23.0 Å². The summed E-state index contributed by atoms with van der Waals surface area (Å²) in [5, 5.41) is 66.4. The predicted octanol–water partition coefficient (Wildman–Crippen LogP) is 6.41. The van der Waals surface area contributed by atoms with E-state index in [9.17, 15) is 50.2 Å². The third kappa shape index (κ3) is 7.29. The lowest BCUT2D eigenvalue weighted by molar-refractivity contribution is -0.385. The molecule has 2 amide bonds. The number of nitrogens with zero attached hydrogens (tertiary/aromatic N) is 2. The van der Waals surface area contributed by atoms with Crippen molar-refractivity contribution in [2.45, 2.75) is 0 Å². The highest BCUT2D eigenvalue weighted by Gasteiger charge is 2.24. The van der Waals surface area contributed by atoms with E-state index in [-0.39, 0.29) is 56.9 Å². The van der Waals surface area contributed by atoms with Gasteiger partial charge in [0, 0.05) is 47.8 Å². The summed E-state index contributed by atoms with van der Waals surface area (Å²) in [5.41, 5.74) is -0.840. The molecule has 5 rings (SSSR count). The molecule has 242 valence electrons. The molecular weight excluding hydrogens is 632 g/mol. The SMILES string of the molecule is O=C(Nc1ccc(O)c(O)c1)c1cc(Oc2ccc([N+](=O)[O-])cc2)c(C(=O)Nc2ccc(O)c(O)c2)cc1Oc1ccc([N+](=O)[O-])cc1. The normalized spacial score (nSPS) is 10.5. The Morgan fingerprint density at radius 3 is 1.19 bits per heavy atom. The fourth-order valence-corrected chi connectivity index (χ4v) is 4.21. The highest BCUT2D eigenvalue weighted by atomic mass is 16.6. The van der Waals surface area contributed by atoms with Gasteiger partial charge in [-0.3, -0.25) is 29.8 Å². The maximum Gasteiger partial charge on any atom is 0.269 e. The van der Waals surface area contributed by atoms with Gasteiger partial charge in [-0.15, -0.1) is 0 Å². The van der Waals surface area contributed by atoms with Gasteiger partial charge in [0.2, 0.25) is 0 Å². The first kappa shape index (κ1) is 32.0. The molecule has 0 atom stereocenters. The van der Waals surface area contributed by atoms with E-state index in [4.69, 9.17) is 9.47 Å². The third-order valence-electron chi connectivity index (χ3n) is 6.59. The second-order valence-electron chi connectivity index (χ2n) is 9.87. The van der Waals surface area contributed by atoms with Gasteiger partial charge >= 0.3 is 0 Å². The summed E-state index contributed by atoms with van der Waals surface area (Å²) in [5.74, 6) is -4.02. The standard InChI is InChI=1S/C32H22N4O12/c37-25-11-1-17(13-27(25)39)33-31(41)23-15-30(48-22-9-5-20(6-10-22)36(45)46)24(32(42)34-18-2-12-26(38)28(40)14-18)16-29(23)47-21-7-3-19(4-8-21)35(43)44/h1-16,37-40H,(H,33,41)(H,34,42). The molecule has 0 saturated carbocycles. The smallest absolute Gasteiger partial charge is 0.269 e. The van der Waals surface area contributed by atoms with Crippen LogP contribution in [-0.2, 0) is 0 Å². The molecular formula is C32H22N4O12. The molecule has 0 aliphatic heterocycles. The fourth-order valence-electron chi connectivity index (χ4n) is 4.21. The average molecular weight is 655 g/mol. The van der Waals surface area contributed by atoms with Crippen molar-refractivity contribution in [1.82, 2.24) is 0 Å². The molecule has 0 unspecified atom stereocenters. The number of ether oxygens (including phenoxy) is 2. The zero-order valence-electron chi connectivity index (χ0n) is 24.2. The number of nitro benzene ring substituents is 2. The van der Waals surface area contributed by atoms with Crippen LogP contribution in [0.5, 0.6) is 46.0 Å². The highest BCUT2D eigenvalue weighted by molar-refractivity contribution is 6.10. The van der Waals surface area contributed by atoms with E-state index in [1.165, 1.54) is 36.4 Å². The quantitative estimate of drug-likeness (QED) is 0.0414. The summed E-state index contributed by atoms with van der Waals surface area (Å²) in [4.78, 5) is 48.3. The Labute approximate surface area is 269 Å². The van der Waals surface area contributed by atoms with Crippen molar-refractivity contribution in [3.63, 3.8) is 0 Å². The summed E-state index contributed by atoms with van der Waals surface area (Å²) in [6.45, 7) is 0. The van der Waals surface area contributed by atoms with Crippen molar-refractivity contribution in [2.24, 2.45) is 0 Å². The lowest BCUT2D eigenvalue weighted by Crippen LogP contribution is -2.17. The molecule has 5 aromatic carbocycles. The average Bonchev–Trinajstić information content (AvgIpc) is 3.05. The van der Waals surface area contributed by atoms with E-state index < -0.39 is 44.7 Å². The first-order valence-corrected chi connectivity index (χ1v) is 13.6. The molecule has 6 N–H and O–H groups in total. The first-order valence-electron chi connectivity index (χ1n) is 13.6. The van der Waals surface area contributed by atoms with E-state index in [0.717, 1.165) is 60.7 Å². The number of nitro groups is 2. The number of rotatable bonds is 10. The predicted molar refractivity (Wildman–Crippen MR) is 168 cm³/mol. The van der Waals surface area contributed by atoms with Gasteiger partial charge in [0.25, 0.3) is 23.2 Å². The molecule has 0 heterocycles. The topological polar surface area (TPSA) is 244 Å². The Bertz CT molecular complexity index is 1920. The number of carbonyl (C=O) groups excluding carboxylic acids is 2. The van der Waals surface area contributed by atoms with Crippen LogP contribution in [0.3, 0.4) is 0 Å². The van der Waals surface area contributed by atoms with Gasteiger partial charge in [-0.1, -0.05) is 0 Å². The highest BCUT2D eigenvalue weighted by Crippen LogP contribution is 2.37. The van der Waals surface area contributed by atoms with Gasteiger partial charge in [-0.25, -0.2) is 0 Å². The summed E-state index contributed by atoms with van der Waals surface area (Å²) in [6.07, 6.45) is 0. The van der Waals surface area contributed by atoms with Gasteiger partial charge in [-0.05, 0) is 60.7 Å². The number of hydrogen-bond acceptors (Lipinski definition) is 12. The molecule has 0 aliphatic rings. The Morgan fingerprint density at radius 1 is 0.521 bits per heavy atom. The second-order valence-corrected chi connectivity index (χ2v) is 9.87. The van der Waals surface area contributed by atoms with Crippen molar-refractivity contribution < 1.29 is 49.3 Å². The number of carbonyl (C=O) groups is 2. The molecule has 0 aromatic heterocycles. The molecule has 0 spiro atoms. The Morgan fingerprint density at radius 2 is 0.875 bits per heavy atom. The van der Waals surface area contributed by atoms with Crippen LogP contribution < -0.4 is 20.1 Å². The van der Waals surface area contributed by atoms with Gasteiger partial charge in [0.15, 0.2) is 23.0 Å². The summed E-state index contributed by atoms with van der Waals surface area (Å²) >= 11 is 0. The van der Waals surface area contributed by atoms with E-state index in [2.05, 4.69) is 10.6 Å². The van der Waals surface area contributed by atoms with Crippen LogP contribution in [0.2, 0.25) is 0 Å². The molecule has 0 fully saturated rings. The van der Waals surface area contributed by atoms with E-state index >= 15 is 0 Å². The van der Waals surface area contributed by atoms with Crippen LogP contribution in [0.4, 0.5) is 22.7 Å². The van der Waals surface area contributed by atoms with E-state index in [0.29, 0.717) is 0 Å². The number of non-ortho nitro benzene ring substituents is 2. The third-order valence-corrected chi connectivity index (χ3v) is 6.59. The summed E-state index contributed by atoms with van der Waals surface area (Å²) in [6, 6.07) is 19.0. The van der Waals surface area contributed by atoms with Crippen LogP contribution in [0.25, 0.3) is 0 Å². The van der Waals surface area contributed by atoms with Gasteiger partial charge in [0.05, 0.1) is 21.0 Å². The van der Waals surface area contributed by atoms with Crippen LogP contribution >= 0.6 is 0 Å². The fraction of sp³-hybridized carbons (Fsp3) is 0. The number of phenolic OH excluding ortho intramolecular Hbond substituents is 4. The van der Waals surface area contributed by atoms with Crippen LogP contribution in [-0.4, -0.2) is 42.1 Å². The number of phenols is 4. The zero-order chi connectivity index (χ0) is 34.5. The first-order chi connectivity index (χ1) is 22.9. The summed E-state index contributed by atoms with van der Waals surface area (Å²) < 4.78 is 11.8. The number of nitrogens with one attached hydrogen (secondary N) is 2. The molecule has 48 heavy (non-hydrogen) atoms. The van der Waals surface area contributed by atoms with Crippen LogP contribution in [0.15, 0.2) is 97.1 Å². The number of hydrogen-bond donors (Lipinski definition) is 6. The minimum atomic E-state index is -0.846. The number of anilines is 2. The Kier molecular flexibility index (Phi) is 8.90.